The van der Waals surface area contributed by atoms with E-state index < -0.39 is 11.4 Å². The van der Waals surface area contributed by atoms with Crippen molar-refractivity contribution in [1.29, 1.82) is 0 Å². The molecule has 110 valence electrons. The summed E-state index contributed by atoms with van der Waals surface area (Å²) in [4.78, 5) is 12.3. The summed E-state index contributed by atoms with van der Waals surface area (Å²) < 4.78 is 15.3. The van der Waals surface area contributed by atoms with Crippen LogP contribution in [0.3, 0.4) is 0 Å². The smallest absolute Gasteiger partial charge is 0.262 e. The van der Waals surface area contributed by atoms with E-state index in [1.807, 2.05) is 0 Å². The predicted molar refractivity (Wildman–Crippen MR) is 78.5 cm³/mol. The SMILES string of the molecule is Cc1ccc(/C(N)=N/O)c(=O)n1Cc1cccc(Cl)c1F. The number of aromatic nitrogens is 1. The van der Waals surface area contributed by atoms with E-state index in [-0.39, 0.29) is 28.5 Å². The standard InChI is InChI=1S/C14H13ClFN3O2/c1-8-5-6-10(13(17)18-21)14(20)19(8)7-9-3-2-4-11(15)12(9)16/h2-6,21H,7H2,1H3,(H2,17,18). The van der Waals surface area contributed by atoms with Crippen molar-refractivity contribution in [2.24, 2.45) is 10.9 Å². The average molecular weight is 310 g/mol. The molecule has 0 spiro atoms. The van der Waals surface area contributed by atoms with Crippen LogP contribution in [0.5, 0.6) is 0 Å². The number of hydrogen-bond donors (Lipinski definition) is 2. The highest BCUT2D eigenvalue weighted by molar-refractivity contribution is 6.30. The Bertz CT molecular complexity index is 771. The molecule has 0 unspecified atom stereocenters. The number of pyridine rings is 1. The van der Waals surface area contributed by atoms with Gasteiger partial charge in [0.2, 0.25) is 0 Å². The van der Waals surface area contributed by atoms with E-state index in [1.165, 1.54) is 16.7 Å². The summed E-state index contributed by atoms with van der Waals surface area (Å²) in [6.07, 6.45) is 0. The molecule has 1 aromatic carbocycles. The molecule has 0 aliphatic heterocycles. The molecule has 0 fully saturated rings. The lowest BCUT2D eigenvalue weighted by Gasteiger charge is -2.12. The van der Waals surface area contributed by atoms with Crippen LogP contribution in [0.15, 0.2) is 40.3 Å². The minimum atomic E-state index is -0.570. The van der Waals surface area contributed by atoms with E-state index in [2.05, 4.69) is 5.16 Å². The van der Waals surface area contributed by atoms with Crippen molar-refractivity contribution in [3.05, 3.63) is 68.3 Å². The van der Waals surface area contributed by atoms with Crippen LogP contribution in [0.1, 0.15) is 16.8 Å². The highest BCUT2D eigenvalue weighted by Crippen LogP contribution is 2.18. The Morgan fingerprint density at radius 3 is 2.81 bits per heavy atom. The number of benzene rings is 1. The fourth-order valence-corrected chi connectivity index (χ4v) is 2.15. The molecule has 0 saturated carbocycles. The van der Waals surface area contributed by atoms with Gasteiger partial charge in [0.1, 0.15) is 5.82 Å². The molecule has 21 heavy (non-hydrogen) atoms. The van der Waals surface area contributed by atoms with E-state index in [1.54, 1.807) is 25.1 Å². The van der Waals surface area contributed by atoms with Crippen molar-refractivity contribution in [1.82, 2.24) is 4.57 Å². The lowest BCUT2D eigenvalue weighted by Crippen LogP contribution is -2.31. The first-order valence-corrected chi connectivity index (χ1v) is 6.44. The first kappa shape index (κ1) is 15.1. The van der Waals surface area contributed by atoms with Gasteiger partial charge in [-0.3, -0.25) is 4.79 Å². The van der Waals surface area contributed by atoms with Crippen molar-refractivity contribution in [3.63, 3.8) is 0 Å². The molecule has 0 aliphatic carbocycles. The van der Waals surface area contributed by atoms with Gasteiger partial charge in [-0.15, -0.1) is 0 Å². The van der Waals surface area contributed by atoms with E-state index in [0.29, 0.717) is 5.69 Å². The molecule has 2 aromatic rings. The fraction of sp³-hybridized carbons (Fsp3) is 0.143. The number of rotatable bonds is 3. The van der Waals surface area contributed by atoms with Crippen LogP contribution in [0.2, 0.25) is 5.02 Å². The molecule has 0 atom stereocenters. The largest absolute Gasteiger partial charge is 0.409 e. The van der Waals surface area contributed by atoms with Gasteiger partial charge < -0.3 is 15.5 Å². The number of nitrogens with two attached hydrogens (primary N) is 1. The zero-order valence-electron chi connectivity index (χ0n) is 11.2. The highest BCUT2D eigenvalue weighted by atomic mass is 35.5. The molecule has 2 rings (SSSR count). The Kier molecular flexibility index (Phi) is 4.28. The second-order valence-electron chi connectivity index (χ2n) is 4.48. The summed E-state index contributed by atoms with van der Waals surface area (Å²) in [6, 6.07) is 7.68. The zero-order chi connectivity index (χ0) is 15.6. The Hall–Kier alpha value is -2.34. The van der Waals surface area contributed by atoms with Crippen LogP contribution in [-0.2, 0) is 6.54 Å². The van der Waals surface area contributed by atoms with Crippen LogP contribution in [0, 0.1) is 12.7 Å². The maximum atomic E-state index is 13.9. The molecule has 3 N–H and O–H groups in total. The first-order valence-electron chi connectivity index (χ1n) is 6.07. The number of oxime groups is 1. The van der Waals surface area contributed by atoms with Crippen molar-refractivity contribution in [2.75, 3.05) is 0 Å². The second kappa shape index (κ2) is 5.97. The molecule has 1 aromatic heterocycles. The fourth-order valence-electron chi connectivity index (χ4n) is 1.96. The molecule has 0 radical (unpaired) electrons. The Morgan fingerprint density at radius 1 is 1.43 bits per heavy atom. The summed E-state index contributed by atoms with van der Waals surface area (Å²) in [5, 5.41) is 11.5. The Morgan fingerprint density at radius 2 is 2.14 bits per heavy atom. The molecular formula is C14H13ClFN3O2. The topological polar surface area (TPSA) is 80.6 Å². The average Bonchev–Trinajstić information content (AvgIpc) is 2.47. The number of amidine groups is 1. The number of hydrogen-bond acceptors (Lipinski definition) is 3. The maximum Gasteiger partial charge on any atom is 0.262 e. The number of nitrogens with zero attached hydrogens (tertiary/aromatic N) is 2. The van der Waals surface area contributed by atoms with Gasteiger partial charge in [0.25, 0.3) is 5.56 Å². The molecule has 0 amide bonds. The molecular weight excluding hydrogens is 297 g/mol. The molecule has 7 heteroatoms. The molecule has 0 aliphatic rings. The second-order valence-corrected chi connectivity index (χ2v) is 4.89. The van der Waals surface area contributed by atoms with E-state index in [9.17, 15) is 9.18 Å². The summed E-state index contributed by atoms with van der Waals surface area (Å²) in [6.45, 7) is 1.71. The lowest BCUT2D eigenvalue weighted by molar-refractivity contribution is 0.318. The molecule has 0 bridgehead atoms. The van der Waals surface area contributed by atoms with Gasteiger partial charge in [-0.25, -0.2) is 4.39 Å². The van der Waals surface area contributed by atoms with Crippen molar-refractivity contribution < 1.29 is 9.60 Å². The third-order valence-corrected chi connectivity index (χ3v) is 3.43. The van der Waals surface area contributed by atoms with Crippen LogP contribution in [0.4, 0.5) is 4.39 Å². The summed E-state index contributed by atoms with van der Waals surface area (Å²) in [7, 11) is 0. The van der Waals surface area contributed by atoms with E-state index in [4.69, 9.17) is 22.5 Å². The third kappa shape index (κ3) is 2.90. The van der Waals surface area contributed by atoms with Crippen LogP contribution in [0.25, 0.3) is 0 Å². The molecule has 5 nitrogen and oxygen atoms in total. The minimum absolute atomic E-state index is 0.00358. The first-order chi connectivity index (χ1) is 9.95. The summed E-state index contributed by atoms with van der Waals surface area (Å²) >= 11 is 5.73. The number of aryl methyl sites for hydroxylation is 1. The molecule has 1 heterocycles. The van der Waals surface area contributed by atoms with Crippen molar-refractivity contribution >= 4 is 17.4 Å². The van der Waals surface area contributed by atoms with Crippen LogP contribution < -0.4 is 11.3 Å². The molecule has 0 saturated heterocycles. The van der Waals surface area contributed by atoms with Crippen molar-refractivity contribution in [2.45, 2.75) is 13.5 Å². The van der Waals surface area contributed by atoms with Gasteiger partial charge in [-0.05, 0) is 25.1 Å². The van der Waals surface area contributed by atoms with Gasteiger partial charge in [-0.1, -0.05) is 28.9 Å². The monoisotopic (exact) mass is 309 g/mol. The minimum Gasteiger partial charge on any atom is -0.409 e. The third-order valence-electron chi connectivity index (χ3n) is 3.14. The lowest BCUT2D eigenvalue weighted by atomic mass is 10.1. The van der Waals surface area contributed by atoms with Gasteiger partial charge in [0, 0.05) is 11.3 Å². The van der Waals surface area contributed by atoms with E-state index >= 15 is 0 Å². The quantitative estimate of drug-likeness (QED) is 0.394. The van der Waals surface area contributed by atoms with Gasteiger partial charge in [-0.2, -0.15) is 0 Å². The van der Waals surface area contributed by atoms with E-state index in [0.717, 1.165) is 0 Å². The Labute approximate surface area is 125 Å². The van der Waals surface area contributed by atoms with Crippen LogP contribution >= 0.6 is 11.6 Å². The number of halogens is 2. The zero-order valence-corrected chi connectivity index (χ0v) is 11.9. The van der Waals surface area contributed by atoms with Crippen LogP contribution in [-0.4, -0.2) is 15.6 Å². The maximum absolute atomic E-state index is 13.9. The Balaban J connectivity index is 2.54. The predicted octanol–water partition coefficient (Wildman–Crippen LogP) is 2.09. The van der Waals surface area contributed by atoms with Gasteiger partial charge >= 0.3 is 0 Å². The van der Waals surface area contributed by atoms with Crippen molar-refractivity contribution in [3.8, 4) is 0 Å². The van der Waals surface area contributed by atoms with Gasteiger partial charge in [0.15, 0.2) is 5.84 Å². The highest BCUT2D eigenvalue weighted by Gasteiger charge is 2.13. The van der Waals surface area contributed by atoms with Gasteiger partial charge in [0.05, 0.1) is 17.1 Å². The summed E-state index contributed by atoms with van der Waals surface area (Å²) in [5.74, 6) is -0.861. The summed E-state index contributed by atoms with van der Waals surface area (Å²) in [5.41, 5.74) is 5.93. The normalized spacial score (nSPS) is 11.7.